The van der Waals surface area contributed by atoms with Crippen LogP contribution in [0.3, 0.4) is 0 Å². The molecule has 0 saturated heterocycles. The minimum Gasteiger partial charge on any atom is -0.325 e. The first-order valence-electron chi connectivity index (χ1n) is 4.73. The minimum absolute atomic E-state index is 0.344. The van der Waals surface area contributed by atoms with Crippen LogP contribution in [0.25, 0.3) is 0 Å². The van der Waals surface area contributed by atoms with E-state index in [0.29, 0.717) is 11.3 Å². The predicted molar refractivity (Wildman–Crippen MR) is 53.0 cm³/mol. The highest BCUT2D eigenvalue weighted by atomic mass is 19.3. The number of carbonyl (C=O) groups excluding carboxylic acids is 1. The number of alkyl halides is 2. The van der Waals surface area contributed by atoms with Crippen LogP contribution < -0.4 is 5.32 Å². The van der Waals surface area contributed by atoms with E-state index in [1.54, 1.807) is 31.2 Å². The summed E-state index contributed by atoms with van der Waals surface area (Å²) in [6.07, 6.45) is -2.91. The van der Waals surface area contributed by atoms with Crippen molar-refractivity contribution in [3.8, 4) is 0 Å². The van der Waals surface area contributed by atoms with Crippen LogP contribution in [0.15, 0.2) is 24.3 Å². The van der Waals surface area contributed by atoms with Gasteiger partial charge in [0.15, 0.2) is 0 Å². The van der Waals surface area contributed by atoms with Crippen molar-refractivity contribution in [3.05, 3.63) is 29.8 Å². The minimum atomic E-state index is -2.48. The van der Waals surface area contributed by atoms with E-state index >= 15 is 0 Å². The van der Waals surface area contributed by atoms with Gasteiger partial charge in [-0.25, -0.2) is 8.78 Å². The fraction of sp³-hybridized carbons (Fsp3) is 0.364. The Labute approximate surface area is 86.3 Å². The molecule has 0 fully saturated rings. The SMILES string of the molecule is CC1(CC(F)F)C(=O)Nc2ccccc21. The van der Waals surface area contributed by atoms with Crippen LogP contribution in [0.5, 0.6) is 0 Å². The summed E-state index contributed by atoms with van der Waals surface area (Å²) >= 11 is 0. The van der Waals surface area contributed by atoms with Crippen molar-refractivity contribution >= 4 is 11.6 Å². The van der Waals surface area contributed by atoms with Gasteiger partial charge < -0.3 is 5.32 Å². The molecule has 15 heavy (non-hydrogen) atoms. The standard InChI is InChI=1S/C11H11F2NO/c1-11(6-9(12)13)7-4-2-3-5-8(7)14-10(11)15/h2-5,9H,6H2,1H3,(H,14,15). The molecule has 0 aromatic heterocycles. The number of halogens is 2. The van der Waals surface area contributed by atoms with Gasteiger partial charge in [0.25, 0.3) is 0 Å². The molecule has 2 nitrogen and oxygen atoms in total. The molecule has 1 aromatic rings. The Morgan fingerprint density at radius 3 is 2.73 bits per heavy atom. The molecule has 4 heteroatoms. The number of rotatable bonds is 2. The van der Waals surface area contributed by atoms with Gasteiger partial charge in [-0.3, -0.25) is 4.79 Å². The third-order valence-electron chi connectivity index (χ3n) is 2.83. The Morgan fingerprint density at radius 1 is 1.40 bits per heavy atom. The lowest BCUT2D eigenvalue weighted by Gasteiger charge is -2.21. The van der Waals surface area contributed by atoms with E-state index in [0.717, 1.165) is 0 Å². The molecule has 0 aliphatic carbocycles. The van der Waals surface area contributed by atoms with E-state index in [1.807, 2.05) is 0 Å². The molecule has 1 aliphatic rings. The van der Waals surface area contributed by atoms with Crippen LogP contribution in [0.2, 0.25) is 0 Å². The maximum Gasteiger partial charge on any atom is 0.240 e. The highest BCUT2D eigenvalue weighted by molar-refractivity contribution is 6.05. The van der Waals surface area contributed by atoms with Gasteiger partial charge in [0, 0.05) is 12.1 Å². The molecular weight excluding hydrogens is 200 g/mol. The summed E-state index contributed by atoms with van der Waals surface area (Å²) in [6.45, 7) is 1.56. The zero-order chi connectivity index (χ0) is 11.1. The average Bonchev–Trinajstić information content (AvgIpc) is 2.39. The van der Waals surface area contributed by atoms with E-state index in [1.165, 1.54) is 0 Å². The van der Waals surface area contributed by atoms with E-state index in [-0.39, 0.29) is 5.91 Å². The summed E-state index contributed by atoms with van der Waals surface area (Å²) in [6, 6.07) is 6.97. The number of carbonyl (C=O) groups is 1. The van der Waals surface area contributed by atoms with Crippen molar-refractivity contribution in [2.45, 2.75) is 25.2 Å². The zero-order valence-electron chi connectivity index (χ0n) is 8.26. The molecule has 0 spiro atoms. The Morgan fingerprint density at radius 2 is 2.07 bits per heavy atom. The summed E-state index contributed by atoms with van der Waals surface area (Å²) in [5, 5.41) is 2.62. The smallest absolute Gasteiger partial charge is 0.240 e. The van der Waals surface area contributed by atoms with E-state index in [2.05, 4.69) is 5.32 Å². The fourth-order valence-electron chi connectivity index (χ4n) is 1.97. The topological polar surface area (TPSA) is 29.1 Å². The molecule has 1 atom stereocenters. The van der Waals surface area contributed by atoms with Crippen LogP contribution in [-0.4, -0.2) is 12.3 Å². The molecule has 1 amide bonds. The molecule has 2 rings (SSSR count). The van der Waals surface area contributed by atoms with Crippen LogP contribution in [0.4, 0.5) is 14.5 Å². The predicted octanol–water partition coefficient (Wildman–Crippen LogP) is 2.55. The van der Waals surface area contributed by atoms with Crippen molar-refractivity contribution in [2.75, 3.05) is 5.32 Å². The van der Waals surface area contributed by atoms with Crippen LogP contribution in [0.1, 0.15) is 18.9 Å². The Hall–Kier alpha value is -1.45. The second-order valence-electron chi connectivity index (χ2n) is 3.93. The number of para-hydroxylation sites is 1. The number of hydrogen-bond acceptors (Lipinski definition) is 1. The Kier molecular flexibility index (Phi) is 2.21. The van der Waals surface area contributed by atoms with E-state index in [4.69, 9.17) is 0 Å². The van der Waals surface area contributed by atoms with Crippen molar-refractivity contribution in [1.82, 2.24) is 0 Å². The Bertz CT molecular complexity index is 405. The number of hydrogen-bond donors (Lipinski definition) is 1. The summed E-state index contributed by atoms with van der Waals surface area (Å²) < 4.78 is 24.8. The van der Waals surface area contributed by atoms with E-state index in [9.17, 15) is 13.6 Å². The molecule has 1 aromatic carbocycles. The van der Waals surface area contributed by atoms with Crippen molar-refractivity contribution < 1.29 is 13.6 Å². The second-order valence-corrected chi connectivity index (χ2v) is 3.93. The van der Waals surface area contributed by atoms with Gasteiger partial charge >= 0.3 is 0 Å². The number of benzene rings is 1. The van der Waals surface area contributed by atoms with Gasteiger partial charge in [-0.2, -0.15) is 0 Å². The molecule has 0 saturated carbocycles. The average molecular weight is 211 g/mol. The van der Waals surface area contributed by atoms with Crippen LogP contribution in [0, 0.1) is 0 Å². The molecular formula is C11H11F2NO. The molecule has 0 radical (unpaired) electrons. The third kappa shape index (κ3) is 1.50. The van der Waals surface area contributed by atoms with Gasteiger partial charge in [0.1, 0.15) is 0 Å². The summed E-state index contributed by atoms with van der Waals surface area (Å²) in [4.78, 5) is 11.6. The first kappa shape index (κ1) is 10.1. The lowest BCUT2D eigenvalue weighted by atomic mass is 9.81. The van der Waals surface area contributed by atoms with Gasteiger partial charge in [-0.05, 0) is 18.6 Å². The number of anilines is 1. The van der Waals surface area contributed by atoms with E-state index < -0.39 is 18.3 Å². The summed E-state index contributed by atoms with van der Waals surface area (Å²) in [7, 11) is 0. The van der Waals surface area contributed by atoms with Crippen LogP contribution in [-0.2, 0) is 10.2 Å². The largest absolute Gasteiger partial charge is 0.325 e. The lowest BCUT2D eigenvalue weighted by Crippen LogP contribution is -2.33. The molecule has 1 aliphatic heterocycles. The lowest BCUT2D eigenvalue weighted by molar-refractivity contribution is -0.121. The maximum atomic E-state index is 12.4. The van der Waals surface area contributed by atoms with Gasteiger partial charge in [0.2, 0.25) is 12.3 Å². The first-order chi connectivity index (χ1) is 7.04. The fourth-order valence-corrected chi connectivity index (χ4v) is 1.97. The molecule has 80 valence electrons. The monoisotopic (exact) mass is 211 g/mol. The third-order valence-corrected chi connectivity index (χ3v) is 2.83. The van der Waals surface area contributed by atoms with Gasteiger partial charge in [0.05, 0.1) is 5.41 Å². The molecule has 0 bridgehead atoms. The zero-order valence-corrected chi connectivity index (χ0v) is 8.26. The molecule has 1 unspecified atom stereocenters. The number of fused-ring (bicyclic) bond motifs is 1. The highest BCUT2D eigenvalue weighted by Crippen LogP contribution is 2.41. The molecule has 1 N–H and O–H groups in total. The number of nitrogens with one attached hydrogen (secondary N) is 1. The maximum absolute atomic E-state index is 12.4. The highest BCUT2D eigenvalue weighted by Gasteiger charge is 2.44. The summed E-state index contributed by atoms with van der Waals surface area (Å²) in [5.74, 6) is -0.344. The first-order valence-corrected chi connectivity index (χ1v) is 4.73. The van der Waals surface area contributed by atoms with Gasteiger partial charge in [-0.15, -0.1) is 0 Å². The van der Waals surface area contributed by atoms with Crippen molar-refractivity contribution in [1.29, 1.82) is 0 Å². The summed E-state index contributed by atoms with van der Waals surface area (Å²) in [5.41, 5.74) is 0.214. The van der Waals surface area contributed by atoms with Crippen LogP contribution >= 0.6 is 0 Å². The quantitative estimate of drug-likeness (QED) is 0.800. The second kappa shape index (κ2) is 3.29. The Balaban J connectivity index is 2.44. The molecule has 1 heterocycles. The van der Waals surface area contributed by atoms with Crippen molar-refractivity contribution in [3.63, 3.8) is 0 Å². The number of amides is 1. The van der Waals surface area contributed by atoms with Crippen molar-refractivity contribution in [2.24, 2.45) is 0 Å². The van der Waals surface area contributed by atoms with Gasteiger partial charge in [-0.1, -0.05) is 18.2 Å². The normalized spacial score (nSPS) is 24.1.